The number of rotatable bonds is 5. The molecule has 0 saturated carbocycles. The zero-order valence-electron chi connectivity index (χ0n) is 13.2. The molecule has 0 spiro atoms. The Bertz CT molecular complexity index is 877. The van der Waals surface area contributed by atoms with Crippen molar-refractivity contribution in [1.29, 1.82) is 0 Å². The topological polar surface area (TPSA) is 112 Å². The van der Waals surface area contributed by atoms with Gasteiger partial charge in [0.05, 0.1) is 10.6 Å². The molecule has 9 nitrogen and oxygen atoms in total. The highest BCUT2D eigenvalue weighted by Gasteiger charge is 2.25. The molecule has 3 aromatic heterocycles. The van der Waals surface area contributed by atoms with E-state index in [9.17, 15) is 10.1 Å². The third-order valence-corrected chi connectivity index (χ3v) is 3.38. The quantitative estimate of drug-likeness (QED) is 0.565. The fourth-order valence-electron chi connectivity index (χ4n) is 2.35. The summed E-state index contributed by atoms with van der Waals surface area (Å²) in [4.78, 5) is 23.2. The number of nitro groups is 1. The molecule has 0 bridgehead atoms. The number of hydrogen-bond acceptors (Lipinski definition) is 7. The highest BCUT2D eigenvalue weighted by atomic mass is 16.6. The number of hydrogen-bond donors (Lipinski definition) is 1. The first kappa shape index (κ1) is 15.5. The van der Waals surface area contributed by atoms with Crippen LogP contribution in [-0.4, -0.2) is 29.7 Å². The lowest BCUT2D eigenvalue weighted by molar-refractivity contribution is -0.384. The molecule has 0 atom stereocenters. The summed E-state index contributed by atoms with van der Waals surface area (Å²) in [5.41, 5.74) is 2.18. The predicted molar refractivity (Wildman–Crippen MR) is 86.8 cm³/mol. The molecule has 3 aromatic rings. The van der Waals surface area contributed by atoms with Gasteiger partial charge in [-0.25, -0.2) is 14.6 Å². The van der Waals surface area contributed by atoms with Crippen LogP contribution >= 0.6 is 0 Å². The second-order valence-corrected chi connectivity index (χ2v) is 5.21. The second kappa shape index (κ2) is 6.41. The van der Waals surface area contributed by atoms with Gasteiger partial charge in [-0.15, -0.1) is 0 Å². The molecular formula is C15H15N7O2. The first-order valence-corrected chi connectivity index (χ1v) is 7.22. The van der Waals surface area contributed by atoms with Crippen LogP contribution in [0.1, 0.15) is 17.0 Å². The predicted octanol–water partition coefficient (Wildman–Crippen LogP) is 2.19. The second-order valence-electron chi connectivity index (χ2n) is 5.21. The number of nitrogens with one attached hydrogen (secondary N) is 1. The van der Waals surface area contributed by atoms with Gasteiger partial charge in [-0.2, -0.15) is 5.10 Å². The van der Waals surface area contributed by atoms with Crippen molar-refractivity contribution in [1.82, 2.24) is 24.7 Å². The van der Waals surface area contributed by atoms with Gasteiger partial charge in [-0.05, 0) is 31.5 Å². The summed E-state index contributed by atoms with van der Waals surface area (Å²) in [7, 11) is 0. The Kier molecular flexibility index (Phi) is 4.15. The fourth-order valence-corrected chi connectivity index (χ4v) is 2.35. The van der Waals surface area contributed by atoms with E-state index in [2.05, 4.69) is 25.4 Å². The van der Waals surface area contributed by atoms with E-state index >= 15 is 0 Å². The molecule has 9 heteroatoms. The van der Waals surface area contributed by atoms with Gasteiger partial charge in [0.25, 0.3) is 0 Å². The van der Waals surface area contributed by atoms with Crippen molar-refractivity contribution < 1.29 is 4.92 Å². The highest BCUT2D eigenvalue weighted by Crippen LogP contribution is 2.28. The maximum Gasteiger partial charge on any atom is 0.355 e. The van der Waals surface area contributed by atoms with Crippen molar-refractivity contribution in [2.45, 2.75) is 20.4 Å². The lowest BCUT2D eigenvalue weighted by Crippen LogP contribution is -2.11. The molecule has 24 heavy (non-hydrogen) atoms. The summed E-state index contributed by atoms with van der Waals surface area (Å²) in [6.45, 7) is 3.99. The first-order valence-electron chi connectivity index (χ1n) is 7.22. The molecule has 122 valence electrons. The number of anilines is 1. The maximum atomic E-state index is 11.6. The lowest BCUT2D eigenvalue weighted by Gasteiger charge is -2.09. The lowest BCUT2D eigenvalue weighted by atomic mass is 10.3. The van der Waals surface area contributed by atoms with Crippen molar-refractivity contribution in [3.8, 4) is 5.82 Å². The van der Waals surface area contributed by atoms with Crippen LogP contribution in [0.15, 0.2) is 36.9 Å². The molecule has 0 saturated heterocycles. The van der Waals surface area contributed by atoms with Crippen LogP contribution in [0.2, 0.25) is 0 Å². The number of aromatic nitrogens is 5. The summed E-state index contributed by atoms with van der Waals surface area (Å²) < 4.78 is 1.45. The Labute approximate surface area is 137 Å². The highest BCUT2D eigenvalue weighted by molar-refractivity contribution is 5.64. The van der Waals surface area contributed by atoms with E-state index in [0.717, 1.165) is 17.0 Å². The molecule has 0 aliphatic rings. The Morgan fingerprint density at radius 3 is 2.79 bits per heavy atom. The molecule has 0 fully saturated rings. The first-order chi connectivity index (χ1) is 11.6. The Morgan fingerprint density at radius 2 is 2.17 bits per heavy atom. The van der Waals surface area contributed by atoms with E-state index in [1.54, 1.807) is 18.5 Å². The van der Waals surface area contributed by atoms with Gasteiger partial charge in [0.1, 0.15) is 6.33 Å². The smallest absolute Gasteiger partial charge is 0.355 e. The van der Waals surface area contributed by atoms with Gasteiger partial charge in [0, 0.05) is 24.6 Å². The summed E-state index contributed by atoms with van der Waals surface area (Å²) in [6, 6.07) is 5.50. The zero-order chi connectivity index (χ0) is 17.1. The largest absolute Gasteiger partial charge is 0.360 e. The molecule has 0 aliphatic carbocycles. The number of nitrogens with zero attached hydrogens (tertiary/aromatic N) is 6. The van der Waals surface area contributed by atoms with E-state index in [-0.39, 0.29) is 17.3 Å². The minimum atomic E-state index is -0.503. The van der Waals surface area contributed by atoms with Gasteiger partial charge in [-0.3, -0.25) is 15.1 Å². The summed E-state index contributed by atoms with van der Waals surface area (Å²) >= 11 is 0. The zero-order valence-corrected chi connectivity index (χ0v) is 13.2. The van der Waals surface area contributed by atoms with Gasteiger partial charge in [0.15, 0.2) is 0 Å². The van der Waals surface area contributed by atoms with Gasteiger partial charge in [-0.1, -0.05) is 6.07 Å². The summed E-state index contributed by atoms with van der Waals surface area (Å²) in [6.07, 6.45) is 4.63. The molecule has 0 radical (unpaired) electrons. The number of pyridine rings is 1. The van der Waals surface area contributed by atoms with Crippen LogP contribution in [0, 0.1) is 24.0 Å². The Morgan fingerprint density at radius 1 is 1.33 bits per heavy atom. The van der Waals surface area contributed by atoms with Crippen molar-refractivity contribution in [2.75, 3.05) is 5.32 Å². The van der Waals surface area contributed by atoms with Crippen molar-refractivity contribution in [3.63, 3.8) is 0 Å². The van der Waals surface area contributed by atoms with E-state index in [1.165, 1.54) is 11.0 Å². The summed E-state index contributed by atoms with van der Waals surface area (Å²) in [5, 5.41) is 18.8. The standard InChI is InChI=1S/C15H15N7O2/c1-10-6-11(2)21(20-10)15-13(22(23)24)14(18-9-19-15)17-8-12-4-3-5-16-7-12/h3-7,9H,8H2,1-2H3,(H,17,18,19). The molecule has 0 aliphatic heterocycles. The molecule has 0 amide bonds. The molecule has 0 unspecified atom stereocenters. The number of aryl methyl sites for hydroxylation is 2. The monoisotopic (exact) mass is 325 g/mol. The Hall–Kier alpha value is -3.36. The molecular weight excluding hydrogens is 310 g/mol. The van der Waals surface area contributed by atoms with Crippen LogP contribution in [0.25, 0.3) is 5.82 Å². The summed E-state index contributed by atoms with van der Waals surface area (Å²) in [5.74, 6) is 0.274. The average molecular weight is 325 g/mol. The van der Waals surface area contributed by atoms with Crippen molar-refractivity contribution >= 4 is 11.5 Å². The Balaban J connectivity index is 1.99. The average Bonchev–Trinajstić information content (AvgIpc) is 2.91. The van der Waals surface area contributed by atoms with E-state index in [4.69, 9.17) is 0 Å². The minimum absolute atomic E-state index is 0.134. The normalized spacial score (nSPS) is 10.6. The van der Waals surface area contributed by atoms with E-state index in [1.807, 2.05) is 26.0 Å². The van der Waals surface area contributed by atoms with Crippen molar-refractivity contribution in [2.24, 2.45) is 0 Å². The third kappa shape index (κ3) is 3.05. The van der Waals surface area contributed by atoms with Crippen LogP contribution in [0.4, 0.5) is 11.5 Å². The minimum Gasteiger partial charge on any atom is -0.360 e. The van der Waals surface area contributed by atoms with Crippen LogP contribution in [-0.2, 0) is 6.54 Å². The molecule has 0 aromatic carbocycles. The fraction of sp³-hybridized carbons (Fsp3) is 0.200. The third-order valence-electron chi connectivity index (χ3n) is 3.38. The molecule has 1 N–H and O–H groups in total. The SMILES string of the molecule is Cc1cc(C)n(-c2ncnc(NCc3cccnc3)c2[N+](=O)[O-])n1. The van der Waals surface area contributed by atoms with Gasteiger partial charge >= 0.3 is 5.69 Å². The van der Waals surface area contributed by atoms with Crippen LogP contribution in [0.3, 0.4) is 0 Å². The van der Waals surface area contributed by atoms with Gasteiger partial charge < -0.3 is 5.32 Å². The maximum absolute atomic E-state index is 11.6. The molecule has 3 heterocycles. The van der Waals surface area contributed by atoms with Crippen LogP contribution < -0.4 is 5.32 Å². The van der Waals surface area contributed by atoms with Crippen molar-refractivity contribution in [3.05, 3.63) is 64.0 Å². The molecule has 3 rings (SSSR count). The van der Waals surface area contributed by atoms with Crippen LogP contribution in [0.5, 0.6) is 0 Å². The van der Waals surface area contributed by atoms with E-state index < -0.39 is 4.92 Å². The van der Waals surface area contributed by atoms with E-state index in [0.29, 0.717) is 6.54 Å². The van der Waals surface area contributed by atoms with Gasteiger partial charge in [0.2, 0.25) is 11.6 Å².